The Morgan fingerprint density at radius 3 is 2.65 bits per heavy atom. The first-order valence-corrected chi connectivity index (χ1v) is 9.07. The predicted octanol–water partition coefficient (Wildman–Crippen LogP) is 3.30. The van der Waals surface area contributed by atoms with Crippen LogP contribution in [0.1, 0.15) is 18.9 Å². The van der Waals surface area contributed by atoms with Gasteiger partial charge in [0.15, 0.2) is 0 Å². The van der Waals surface area contributed by atoms with Crippen LogP contribution in [0.4, 0.5) is 5.13 Å². The Morgan fingerprint density at radius 2 is 2.00 bits per heavy atom. The molecule has 0 saturated carbocycles. The molecule has 1 heterocycles. The third kappa shape index (κ3) is 3.77. The quantitative estimate of drug-likeness (QED) is 0.869. The molecule has 1 N–H and O–H groups in total. The lowest BCUT2D eigenvalue weighted by Gasteiger charge is -2.06. The van der Waals surface area contributed by atoms with E-state index in [1.54, 1.807) is 18.2 Å². The summed E-state index contributed by atoms with van der Waals surface area (Å²) in [5.41, 5.74) is 0. The molecule has 0 spiro atoms. The maximum Gasteiger partial charge on any atom is 0.264 e. The van der Waals surface area contributed by atoms with Crippen molar-refractivity contribution in [2.45, 2.75) is 25.2 Å². The molecule has 1 aromatic heterocycles. The van der Waals surface area contributed by atoms with Gasteiger partial charge < -0.3 is 0 Å². The molecule has 1 aromatic carbocycles. The number of hydrogen-bond acceptors (Lipinski definition) is 5. The predicted molar refractivity (Wildman–Crippen MR) is 83.4 cm³/mol. The molecule has 5 nitrogen and oxygen atoms in total. The number of anilines is 1. The van der Waals surface area contributed by atoms with Gasteiger partial charge in [-0.05, 0) is 34.0 Å². The molecule has 0 radical (unpaired) electrons. The van der Waals surface area contributed by atoms with Gasteiger partial charge in [0.2, 0.25) is 5.13 Å². The third-order valence-electron chi connectivity index (χ3n) is 2.40. The van der Waals surface area contributed by atoms with Gasteiger partial charge >= 0.3 is 0 Å². The summed E-state index contributed by atoms with van der Waals surface area (Å²) in [6.45, 7) is 4.15. The largest absolute Gasteiger partial charge is 0.264 e. The van der Waals surface area contributed by atoms with Crippen LogP contribution < -0.4 is 4.72 Å². The van der Waals surface area contributed by atoms with E-state index in [1.807, 2.05) is 0 Å². The summed E-state index contributed by atoms with van der Waals surface area (Å²) in [5, 5.41) is 8.97. The Morgan fingerprint density at radius 1 is 1.30 bits per heavy atom. The van der Waals surface area contributed by atoms with Crippen molar-refractivity contribution in [2.75, 3.05) is 4.72 Å². The van der Waals surface area contributed by atoms with Crippen LogP contribution in [-0.4, -0.2) is 18.6 Å². The molecule has 2 rings (SSSR count). The zero-order valence-electron chi connectivity index (χ0n) is 11.0. The van der Waals surface area contributed by atoms with E-state index in [0.29, 0.717) is 10.4 Å². The zero-order valence-corrected chi connectivity index (χ0v) is 14.2. The van der Waals surface area contributed by atoms with Crippen LogP contribution in [0, 0.1) is 5.92 Å². The van der Waals surface area contributed by atoms with Gasteiger partial charge in [-0.25, -0.2) is 8.42 Å². The van der Waals surface area contributed by atoms with Crippen molar-refractivity contribution >= 4 is 42.4 Å². The zero-order chi connectivity index (χ0) is 14.8. The van der Waals surface area contributed by atoms with E-state index in [-0.39, 0.29) is 10.0 Å². The number of sulfonamides is 1. The standard InChI is InChI=1S/C12H14BrN3O2S2/c1-8(2)7-11-14-15-12(19-11)16-20(17,18)10-6-4-3-5-9(10)13/h3-6,8H,7H2,1-2H3,(H,15,16). The van der Waals surface area contributed by atoms with Crippen molar-refractivity contribution in [3.05, 3.63) is 33.7 Å². The minimum atomic E-state index is -3.65. The molecule has 0 amide bonds. The fourth-order valence-electron chi connectivity index (χ4n) is 1.56. The number of nitrogens with one attached hydrogen (secondary N) is 1. The lowest BCUT2D eigenvalue weighted by Crippen LogP contribution is -2.13. The molecule has 0 aliphatic heterocycles. The van der Waals surface area contributed by atoms with E-state index < -0.39 is 10.0 Å². The van der Waals surface area contributed by atoms with E-state index in [2.05, 4.69) is 44.7 Å². The van der Waals surface area contributed by atoms with Gasteiger partial charge in [-0.3, -0.25) is 4.72 Å². The van der Waals surface area contributed by atoms with Crippen LogP contribution in [0.25, 0.3) is 0 Å². The Labute approximate surface area is 130 Å². The number of benzene rings is 1. The minimum absolute atomic E-state index is 0.181. The number of hydrogen-bond donors (Lipinski definition) is 1. The van der Waals surface area contributed by atoms with Crippen molar-refractivity contribution in [2.24, 2.45) is 5.92 Å². The van der Waals surface area contributed by atoms with E-state index >= 15 is 0 Å². The first kappa shape index (κ1) is 15.4. The molecule has 0 atom stereocenters. The number of aromatic nitrogens is 2. The van der Waals surface area contributed by atoms with E-state index in [4.69, 9.17) is 0 Å². The summed E-state index contributed by atoms with van der Waals surface area (Å²) in [6.07, 6.45) is 0.786. The summed E-state index contributed by atoms with van der Waals surface area (Å²) in [5.74, 6) is 0.454. The molecular weight excluding hydrogens is 362 g/mol. The van der Waals surface area contributed by atoms with Crippen LogP contribution in [0.2, 0.25) is 0 Å². The molecule has 0 aliphatic carbocycles. The molecule has 0 unspecified atom stereocenters. The lowest BCUT2D eigenvalue weighted by atomic mass is 10.1. The first-order chi connectivity index (χ1) is 9.38. The fourth-order valence-corrected chi connectivity index (χ4v) is 4.75. The van der Waals surface area contributed by atoms with Crippen LogP contribution in [-0.2, 0) is 16.4 Å². The minimum Gasteiger partial charge on any atom is -0.253 e. The molecule has 0 saturated heterocycles. The highest BCUT2D eigenvalue weighted by molar-refractivity contribution is 9.10. The monoisotopic (exact) mass is 375 g/mol. The van der Waals surface area contributed by atoms with E-state index in [1.165, 1.54) is 17.4 Å². The Hall–Kier alpha value is -0.990. The fraction of sp³-hybridized carbons (Fsp3) is 0.333. The Bertz CT molecular complexity index is 698. The third-order valence-corrected chi connectivity index (χ3v) is 5.74. The van der Waals surface area contributed by atoms with Gasteiger partial charge in [0.05, 0.1) is 0 Å². The molecule has 108 valence electrons. The number of rotatable bonds is 5. The maximum atomic E-state index is 12.3. The van der Waals surface area contributed by atoms with Crippen molar-refractivity contribution < 1.29 is 8.42 Å². The van der Waals surface area contributed by atoms with Gasteiger partial charge in [0, 0.05) is 10.9 Å². The molecule has 0 fully saturated rings. The molecular formula is C12H14BrN3O2S2. The highest BCUT2D eigenvalue weighted by atomic mass is 79.9. The Kier molecular flexibility index (Phi) is 4.77. The highest BCUT2D eigenvalue weighted by Crippen LogP contribution is 2.25. The average Bonchev–Trinajstić information content (AvgIpc) is 2.75. The second-order valence-corrected chi connectivity index (χ2v) is 8.20. The van der Waals surface area contributed by atoms with Crippen molar-refractivity contribution in [1.82, 2.24) is 10.2 Å². The smallest absolute Gasteiger partial charge is 0.253 e. The first-order valence-electron chi connectivity index (χ1n) is 5.98. The summed E-state index contributed by atoms with van der Waals surface area (Å²) in [7, 11) is -3.65. The number of halogens is 1. The highest BCUT2D eigenvalue weighted by Gasteiger charge is 2.19. The van der Waals surface area contributed by atoms with Crippen LogP contribution >= 0.6 is 27.3 Å². The van der Waals surface area contributed by atoms with Gasteiger partial charge in [-0.15, -0.1) is 10.2 Å². The normalized spacial score (nSPS) is 11.8. The lowest BCUT2D eigenvalue weighted by molar-refractivity contribution is 0.600. The number of nitrogens with zero attached hydrogens (tertiary/aromatic N) is 2. The van der Waals surface area contributed by atoms with Gasteiger partial charge in [0.1, 0.15) is 9.90 Å². The summed E-state index contributed by atoms with van der Waals surface area (Å²) < 4.78 is 27.5. The van der Waals surface area contributed by atoms with E-state index in [0.717, 1.165) is 11.4 Å². The van der Waals surface area contributed by atoms with Crippen molar-refractivity contribution in [3.8, 4) is 0 Å². The summed E-state index contributed by atoms with van der Waals surface area (Å²) >= 11 is 4.49. The second-order valence-electron chi connectivity index (χ2n) is 4.63. The molecule has 8 heteroatoms. The molecule has 0 bridgehead atoms. The topological polar surface area (TPSA) is 72.0 Å². The van der Waals surface area contributed by atoms with Crippen molar-refractivity contribution in [3.63, 3.8) is 0 Å². The van der Waals surface area contributed by atoms with Gasteiger partial charge in [-0.1, -0.05) is 37.3 Å². The summed E-state index contributed by atoms with van der Waals surface area (Å²) in [4.78, 5) is 0.181. The Balaban J connectivity index is 2.21. The van der Waals surface area contributed by atoms with Crippen molar-refractivity contribution in [1.29, 1.82) is 0 Å². The molecule has 2 aromatic rings. The summed E-state index contributed by atoms with van der Waals surface area (Å²) in [6, 6.07) is 6.64. The maximum absolute atomic E-state index is 12.3. The molecule has 20 heavy (non-hydrogen) atoms. The SMILES string of the molecule is CC(C)Cc1nnc(NS(=O)(=O)c2ccccc2Br)s1. The average molecular weight is 376 g/mol. The van der Waals surface area contributed by atoms with Gasteiger partial charge in [0.25, 0.3) is 10.0 Å². The van der Waals surface area contributed by atoms with E-state index in [9.17, 15) is 8.42 Å². The van der Waals surface area contributed by atoms with Crippen LogP contribution in [0.15, 0.2) is 33.6 Å². The second kappa shape index (κ2) is 6.19. The van der Waals surface area contributed by atoms with Crippen LogP contribution in [0.5, 0.6) is 0 Å². The molecule has 0 aliphatic rings. The van der Waals surface area contributed by atoms with Crippen LogP contribution in [0.3, 0.4) is 0 Å². The van der Waals surface area contributed by atoms with Gasteiger partial charge in [-0.2, -0.15) is 0 Å².